The minimum Gasteiger partial charge on any atom is -0.395 e. The highest BCUT2D eigenvalue weighted by Gasteiger charge is 2.05. The summed E-state index contributed by atoms with van der Waals surface area (Å²) in [6, 6.07) is 7.06. The van der Waals surface area contributed by atoms with Crippen LogP contribution in [0.15, 0.2) is 24.3 Å². The quantitative estimate of drug-likeness (QED) is 0.642. The number of aliphatic hydroxyl groups excluding tert-OH is 2. The summed E-state index contributed by atoms with van der Waals surface area (Å²) in [5.74, 6) is 0. The van der Waals surface area contributed by atoms with Crippen LogP contribution in [-0.2, 0) is 0 Å². The van der Waals surface area contributed by atoms with Gasteiger partial charge in [0.1, 0.15) is 0 Å². The van der Waals surface area contributed by atoms with Gasteiger partial charge in [-0.15, -0.1) is 0 Å². The van der Waals surface area contributed by atoms with E-state index in [-0.39, 0.29) is 6.61 Å². The maximum atomic E-state index is 9.65. The van der Waals surface area contributed by atoms with Crippen LogP contribution in [0.4, 0.5) is 0 Å². The third-order valence-corrected chi connectivity index (χ3v) is 2.13. The Morgan fingerprint density at radius 3 is 2.50 bits per heavy atom. The topological polar surface area (TPSA) is 52.5 Å². The number of benzene rings is 1. The first-order chi connectivity index (χ1) is 6.74. The van der Waals surface area contributed by atoms with Crippen molar-refractivity contribution in [2.45, 2.75) is 6.10 Å². The van der Waals surface area contributed by atoms with E-state index >= 15 is 0 Å². The first-order valence-corrected chi connectivity index (χ1v) is 4.87. The molecule has 0 amide bonds. The van der Waals surface area contributed by atoms with E-state index in [4.69, 9.17) is 16.7 Å². The van der Waals surface area contributed by atoms with E-state index in [1.54, 1.807) is 24.3 Å². The number of nitrogens with one attached hydrogen (secondary N) is 1. The van der Waals surface area contributed by atoms with Crippen molar-refractivity contribution >= 4 is 11.6 Å². The van der Waals surface area contributed by atoms with Gasteiger partial charge >= 0.3 is 0 Å². The van der Waals surface area contributed by atoms with Gasteiger partial charge < -0.3 is 15.5 Å². The lowest BCUT2D eigenvalue weighted by Gasteiger charge is -2.11. The van der Waals surface area contributed by atoms with Crippen molar-refractivity contribution in [3.05, 3.63) is 34.9 Å². The Hall–Kier alpha value is -0.610. The summed E-state index contributed by atoms with van der Waals surface area (Å²) in [6.45, 7) is 1.00. The Balaban J connectivity index is 2.43. The second-order valence-electron chi connectivity index (χ2n) is 3.00. The van der Waals surface area contributed by atoms with E-state index in [0.29, 0.717) is 18.1 Å². The monoisotopic (exact) mass is 215 g/mol. The SMILES string of the molecule is OCCNC[C@H](O)c1ccc(Cl)cc1. The molecule has 0 aliphatic heterocycles. The van der Waals surface area contributed by atoms with Crippen LogP contribution >= 0.6 is 11.6 Å². The van der Waals surface area contributed by atoms with Crippen molar-refractivity contribution in [2.24, 2.45) is 0 Å². The van der Waals surface area contributed by atoms with E-state index in [1.807, 2.05) is 0 Å². The second kappa shape index (κ2) is 5.98. The third kappa shape index (κ3) is 3.64. The fraction of sp³-hybridized carbons (Fsp3) is 0.400. The normalized spacial score (nSPS) is 12.8. The molecule has 0 aliphatic carbocycles. The van der Waals surface area contributed by atoms with E-state index in [9.17, 15) is 5.11 Å². The predicted molar refractivity (Wildman–Crippen MR) is 56.4 cm³/mol. The largest absolute Gasteiger partial charge is 0.395 e. The molecule has 3 N–H and O–H groups in total. The zero-order valence-electron chi connectivity index (χ0n) is 7.78. The van der Waals surface area contributed by atoms with Gasteiger partial charge in [0.15, 0.2) is 0 Å². The zero-order chi connectivity index (χ0) is 10.4. The van der Waals surface area contributed by atoms with Crippen molar-refractivity contribution in [1.29, 1.82) is 0 Å². The number of rotatable bonds is 5. The molecule has 4 heteroatoms. The highest BCUT2D eigenvalue weighted by molar-refractivity contribution is 6.30. The van der Waals surface area contributed by atoms with Crippen molar-refractivity contribution in [2.75, 3.05) is 19.7 Å². The van der Waals surface area contributed by atoms with Crippen molar-refractivity contribution in [3.63, 3.8) is 0 Å². The molecule has 3 nitrogen and oxygen atoms in total. The summed E-state index contributed by atoms with van der Waals surface area (Å²) in [7, 11) is 0. The smallest absolute Gasteiger partial charge is 0.0914 e. The first kappa shape index (κ1) is 11.5. The van der Waals surface area contributed by atoms with E-state index < -0.39 is 6.10 Å². The second-order valence-corrected chi connectivity index (χ2v) is 3.43. The first-order valence-electron chi connectivity index (χ1n) is 4.49. The lowest BCUT2D eigenvalue weighted by atomic mass is 10.1. The van der Waals surface area contributed by atoms with Crippen LogP contribution in [0.3, 0.4) is 0 Å². The van der Waals surface area contributed by atoms with Gasteiger partial charge in [-0.3, -0.25) is 0 Å². The molecule has 0 unspecified atom stereocenters. The molecule has 0 saturated heterocycles. The number of halogens is 1. The molecule has 1 aromatic carbocycles. The Kier molecular flexibility index (Phi) is 4.90. The molecule has 0 saturated carbocycles. The third-order valence-electron chi connectivity index (χ3n) is 1.88. The summed E-state index contributed by atoms with van der Waals surface area (Å²) in [5.41, 5.74) is 0.819. The van der Waals surface area contributed by atoms with E-state index in [2.05, 4.69) is 5.32 Å². The van der Waals surface area contributed by atoms with Gasteiger partial charge in [-0.2, -0.15) is 0 Å². The lowest BCUT2D eigenvalue weighted by Crippen LogP contribution is -2.24. The van der Waals surface area contributed by atoms with Crippen LogP contribution in [0.1, 0.15) is 11.7 Å². The fourth-order valence-corrected chi connectivity index (χ4v) is 1.25. The van der Waals surface area contributed by atoms with Crippen molar-refractivity contribution in [1.82, 2.24) is 5.32 Å². The minimum atomic E-state index is -0.557. The molecule has 78 valence electrons. The van der Waals surface area contributed by atoms with E-state index in [1.165, 1.54) is 0 Å². The Bertz CT molecular complexity index is 263. The summed E-state index contributed by atoms with van der Waals surface area (Å²) < 4.78 is 0. The summed E-state index contributed by atoms with van der Waals surface area (Å²) in [4.78, 5) is 0. The highest BCUT2D eigenvalue weighted by Crippen LogP contribution is 2.15. The van der Waals surface area contributed by atoms with Gasteiger partial charge in [-0.1, -0.05) is 23.7 Å². The Labute approximate surface area is 88.3 Å². The molecule has 0 aromatic heterocycles. The molecule has 0 bridgehead atoms. The molecule has 1 aromatic rings. The molecule has 0 heterocycles. The van der Waals surface area contributed by atoms with Crippen LogP contribution in [-0.4, -0.2) is 29.9 Å². The molecule has 0 spiro atoms. The Morgan fingerprint density at radius 1 is 1.29 bits per heavy atom. The van der Waals surface area contributed by atoms with Gasteiger partial charge in [-0.05, 0) is 17.7 Å². The molecule has 1 rings (SSSR count). The number of hydrogen-bond donors (Lipinski definition) is 3. The summed E-state index contributed by atoms with van der Waals surface area (Å²) in [6.07, 6.45) is -0.557. The average molecular weight is 216 g/mol. The molecule has 14 heavy (non-hydrogen) atoms. The molecule has 0 radical (unpaired) electrons. The molecular weight excluding hydrogens is 202 g/mol. The van der Waals surface area contributed by atoms with Gasteiger partial charge in [-0.25, -0.2) is 0 Å². The van der Waals surface area contributed by atoms with Crippen LogP contribution in [0, 0.1) is 0 Å². The zero-order valence-corrected chi connectivity index (χ0v) is 8.54. The Morgan fingerprint density at radius 2 is 1.93 bits per heavy atom. The van der Waals surface area contributed by atoms with Crippen molar-refractivity contribution in [3.8, 4) is 0 Å². The molecule has 0 aliphatic rings. The van der Waals surface area contributed by atoms with Crippen LogP contribution in [0.2, 0.25) is 5.02 Å². The van der Waals surface area contributed by atoms with Gasteiger partial charge in [0, 0.05) is 18.1 Å². The van der Waals surface area contributed by atoms with Crippen molar-refractivity contribution < 1.29 is 10.2 Å². The number of aliphatic hydroxyl groups is 2. The minimum absolute atomic E-state index is 0.0767. The maximum absolute atomic E-state index is 9.65. The lowest BCUT2D eigenvalue weighted by molar-refractivity contribution is 0.171. The van der Waals surface area contributed by atoms with Gasteiger partial charge in [0.2, 0.25) is 0 Å². The maximum Gasteiger partial charge on any atom is 0.0914 e. The molecule has 1 atom stereocenters. The van der Waals surface area contributed by atoms with Gasteiger partial charge in [0.05, 0.1) is 12.7 Å². The van der Waals surface area contributed by atoms with E-state index in [0.717, 1.165) is 5.56 Å². The predicted octanol–water partition coefficient (Wildman–Crippen LogP) is 0.955. The van der Waals surface area contributed by atoms with Crippen LogP contribution in [0.25, 0.3) is 0 Å². The van der Waals surface area contributed by atoms with Crippen LogP contribution in [0.5, 0.6) is 0 Å². The highest BCUT2D eigenvalue weighted by atomic mass is 35.5. The van der Waals surface area contributed by atoms with Gasteiger partial charge in [0.25, 0.3) is 0 Å². The molecule has 0 fully saturated rings. The molecular formula is C10H14ClNO2. The van der Waals surface area contributed by atoms with Crippen LogP contribution < -0.4 is 5.32 Å². The summed E-state index contributed by atoms with van der Waals surface area (Å²) in [5, 5.41) is 21.7. The summed E-state index contributed by atoms with van der Waals surface area (Å²) >= 11 is 5.71. The average Bonchev–Trinajstić information content (AvgIpc) is 2.19. The standard InChI is InChI=1S/C10H14ClNO2/c11-9-3-1-8(2-4-9)10(14)7-12-5-6-13/h1-4,10,12-14H,5-7H2/t10-/m0/s1. The fourth-order valence-electron chi connectivity index (χ4n) is 1.12. The number of hydrogen-bond acceptors (Lipinski definition) is 3.